The van der Waals surface area contributed by atoms with Gasteiger partial charge in [0.25, 0.3) is 5.91 Å². The van der Waals surface area contributed by atoms with Gasteiger partial charge in [0.1, 0.15) is 11.1 Å². The van der Waals surface area contributed by atoms with E-state index in [9.17, 15) is 14.4 Å². The van der Waals surface area contributed by atoms with E-state index < -0.39 is 11.0 Å². The number of carbonyl (C=O) groups excluding carboxylic acids is 3. The van der Waals surface area contributed by atoms with Gasteiger partial charge in [-0.1, -0.05) is 32.0 Å². The monoisotopic (exact) mass is 772 g/mol. The number of piperidine rings is 1. The van der Waals surface area contributed by atoms with Crippen LogP contribution in [0.15, 0.2) is 48.8 Å². The number of amides is 3. The number of hydrogen-bond acceptors (Lipinski definition) is 8. The van der Waals surface area contributed by atoms with E-state index in [4.69, 9.17) is 14.7 Å². The molecule has 0 atom stereocenters. The van der Waals surface area contributed by atoms with Gasteiger partial charge in [0.15, 0.2) is 5.82 Å². The number of benzene rings is 2. The third-order valence-electron chi connectivity index (χ3n) is 13.1. The van der Waals surface area contributed by atoms with Crippen LogP contribution in [0.4, 0.5) is 22.0 Å². The van der Waals surface area contributed by atoms with Crippen LogP contribution >= 0.6 is 0 Å². The van der Waals surface area contributed by atoms with Crippen LogP contribution in [0.1, 0.15) is 107 Å². The highest BCUT2D eigenvalue weighted by atomic mass is 16.6. The maximum absolute atomic E-state index is 15.0. The zero-order chi connectivity index (χ0) is 40.0. The van der Waals surface area contributed by atoms with Crippen molar-refractivity contribution in [1.82, 2.24) is 29.7 Å². The van der Waals surface area contributed by atoms with Gasteiger partial charge in [0.2, 0.25) is 5.91 Å². The van der Waals surface area contributed by atoms with Gasteiger partial charge in [0.05, 0.1) is 23.0 Å². The molecule has 1 spiro atoms. The molecular weight excluding hydrogens is 717 g/mol. The second-order valence-electron chi connectivity index (χ2n) is 19.0. The van der Waals surface area contributed by atoms with E-state index in [-0.39, 0.29) is 23.9 Å². The molecule has 4 aromatic rings. The van der Waals surface area contributed by atoms with Crippen molar-refractivity contribution in [3.8, 4) is 11.3 Å². The first-order valence-corrected chi connectivity index (χ1v) is 20.8. The van der Waals surface area contributed by atoms with E-state index in [0.717, 1.165) is 83.6 Å². The van der Waals surface area contributed by atoms with Crippen molar-refractivity contribution in [3.05, 3.63) is 65.5 Å². The molecule has 57 heavy (non-hydrogen) atoms. The summed E-state index contributed by atoms with van der Waals surface area (Å²) in [6, 6.07) is 15.2. The Morgan fingerprint density at radius 3 is 2.35 bits per heavy atom. The number of fused-ring (bicyclic) bond motifs is 3. The highest BCUT2D eigenvalue weighted by Gasteiger charge is 2.56. The van der Waals surface area contributed by atoms with Gasteiger partial charge < -0.3 is 29.7 Å². The summed E-state index contributed by atoms with van der Waals surface area (Å²) in [4.78, 5) is 57.5. The Bertz CT molecular complexity index is 2270. The van der Waals surface area contributed by atoms with Crippen LogP contribution < -0.4 is 15.5 Å². The summed E-state index contributed by atoms with van der Waals surface area (Å²) in [5.41, 5.74) is 6.74. The fourth-order valence-electron chi connectivity index (χ4n) is 9.67. The number of aromatic nitrogens is 3. The molecule has 2 saturated carbocycles. The second kappa shape index (κ2) is 13.6. The predicted octanol–water partition coefficient (Wildman–Crippen LogP) is 7.72. The molecule has 2 saturated heterocycles. The molecule has 300 valence electrons. The Hall–Kier alpha value is -4.97. The smallest absolute Gasteiger partial charge is 0.410 e. The number of aryl methyl sites for hydroxylation is 1. The number of pyridine rings is 1. The van der Waals surface area contributed by atoms with Crippen molar-refractivity contribution in [2.75, 3.05) is 43.4 Å². The van der Waals surface area contributed by atoms with Crippen LogP contribution in [0.3, 0.4) is 0 Å². The summed E-state index contributed by atoms with van der Waals surface area (Å²) >= 11 is 0. The zero-order valence-electron chi connectivity index (χ0n) is 34.4. The van der Waals surface area contributed by atoms with Gasteiger partial charge in [0, 0.05) is 67.3 Å². The lowest BCUT2D eigenvalue weighted by molar-refractivity contribution is -0.126. The van der Waals surface area contributed by atoms with Crippen LogP contribution in [0.25, 0.3) is 22.3 Å². The van der Waals surface area contributed by atoms with E-state index in [1.165, 1.54) is 6.42 Å². The molecule has 0 unspecified atom stereocenters. The first kappa shape index (κ1) is 37.6. The summed E-state index contributed by atoms with van der Waals surface area (Å²) in [6.07, 6.45) is 8.00. The minimum atomic E-state index is -0.700. The summed E-state index contributed by atoms with van der Waals surface area (Å²) in [6.45, 7) is 15.4. The topological polar surface area (TPSA) is 125 Å². The van der Waals surface area contributed by atoms with E-state index >= 15 is 0 Å². The Morgan fingerprint density at radius 2 is 1.68 bits per heavy atom. The largest absolute Gasteiger partial charge is 0.444 e. The number of imidazole rings is 1. The molecule has 0 bridgehead atoms. The molecule has 2 aromatic heterocycles. The maximum Gasteiger partial charge on any atom is 0.410 e. The first-order chi connectivity index (χ1) is 27.1. The molecule has 5 heterocycles. The highest BCUT2D eigenvalue weighted by Crippen LogP contribution is 2.53. The van der Waals surface area contributed by atoms with Crippen molar-refractivity contribution in [1.29, 1.82) is 0 Å². The molecule has 4 fully saturated rings. The molecule has 2 aromatic carbocycles. The van der Waals surface area contributed by atoms with Crippen molar-refractivity contribution in [3.63, 3.8) is 0 Å². The van der Waals surface area contributed by atoms with Gasteiger partial charge in [-0.05, 0) is 120 Å². The lowest BCUT2D eigenvalue weighted by Crippen LogP contribution is -2.58. The lowest BCUT2D eigenvalue weighted by Gasteiger charge is -2.46. The fourth-order valence-corrected chi connectivity index (χ4v) is 9.67. The molecule has 9 rings (SSSR count). The quantitative estimate of drug-likeness (QED) is 0.196. The van der Waals surface area contributed by atoms with Crippen molar-refractivity contribution >= 4 is 46.1 Å². The molecule has 12 nitrogen and oxygen atoms in total. The standard InChI is InChI=1S/C45H56N8O4/c1-27-8-10-29(21-33(27)40(54)46-7)48-39-38-36(47-26-52(38)30-11-12-30)24-35(49-39)28-9-13-34-37(20-28)53(32-22-31(23-32)51-17-14-44(5,6)25-51)41(55)45(34)15-18-50(19-16-45)42(56)57-43(2,3)4/h8-10,13,20-21,24,26,30-32H,11-12,14-19,22-23,25H2,1-7H3,(H,46,54)(H,48,49)/t31-,32+. The number of hydrogen-bond donors (Lipinski definition) is 2. The molecule has 2 aliphatic carbocycles. The van der Waals surface area contributed by atoms with Crippen LogP contribution in [-0.2, 0) is 14.9 Å². The Labute approximate surface area is 335 Å². The van der Waals surface area contributed by atoms with Gasteiger partial charge in [-0.25, -0.2) is 14.8 Å². The summed E-state index contributed by atoms with van der Waals surface area (Å²) < 4.78 is 7.94. The molecule has 3 amide bonds. The van der Waals surface area contributed by atoms with E-state index in [2.05, 4.69) is 63.1 Å². The van der Waals surface area contributed by atoms with E-state index in [0.29, 0.717) is 54.8 Å². The average molecular weight is 773 g/mol. The molecule has 0 radical (unpaired) electrons. The summed E-state index contributed by atoms with van der Waals surface area (Å²) in [5.74, 6) is 0.691. The fraction of sp³-hybridized carbons (Fsp3) is 0.533. The third-order valence-corrected chi connectivity index (χ3v) is 13.1. The normalized spacial score (nSPS) is 22.8. The number of nitrogens with zero attached hydrogens (tertiary/aromatic N) is 6. The van der Waals surface area contributed by atoms with Gasteiger partial charge in [-0.15, -0.1) is 0 Å². The van der Waals surface area contributed by atoms with Crippen LogP contribution in [0, 0.1) is 12.3 Å². The zero-order valence-corrected chi connectivity index (χ0v) is 34.4. The Kier molecular flexibility index (Phi) is 8.95. The van der Waals surface area contributed by atoms with Crippen LogP contribution in [0.5, 0.6) is 0 Å². The first-order valence-electron chi connectivity index (χ1n) is 20.8. The number of anilines is 3. The summed E-state index contributed by atoms with van der Waals surface area (Å²) in [7, 11) is 1.64. The third kappa shape index (κ3) is 6.73. The van der Waals surface area contributed by atoms with Gasteiger partial charge in [-0.3, -0.25) is 14.5 Å². The average Bonchev–Trinajstić information content (AvgIpc) is 3.74. The summed E-state index contributed by atoms with van der Waals surface area (Å²) in [5, 5.41) is 6.32. The Morgan fingerprint density at radius 1 is 0.930 bits per heavy atom. The predicted molar refractivity (Wildman–Crippen MR) is 222 cm³/mol. The minimum absolute atomic E-state index is 0.112. The number of carbonyl (C=O) groups is 3. The molecule has 5 aliphatic rings. The molecule has 12 heteroatoms. The van der Waals surface area contributed by atoms with Crippen molar-refractivity contribution in [2.45, 2.75) is 116 Å². The number of rotatable bonds is 7. The maximum atomic E-state index is 15.0. The SMILES string of the molecule is CNC(=O)c1cc(Nc2nc(-c3ccc4c(c3)N([C@H]3C[C@@H](N5CCC(C)(C)C5)C3)C(=O)C43CCN(C(=O)OC(C)(C)C)CC3)cc3ncn(C4CC4)c23)ccc1C. The van der Waals surface area contributed by atoms with Crippen LogP contribution in [0.2, 0.25) is 0 Å². The van der Waals surface area contributed by atoms with Gasteiger partial charge >= 0.3 is 6.09 Å². The molecule has 3 aliphatic heterocycles. The second-order valence-corrected chi connectivity index (χ2v) is 19.0. The highest BCUT2D eigenvalue weighted by molar-refractivity contribution is 6.09. The van der Waals surface area contributed by atoms with Crippen molar-refractivity contribution in [2.24, 2.45) is 5.41 Å². The van der Waals surface area contributed by atoms with Gasteiger partial charge in [-0.2, -0.15) is 0 Å². The van der Waals surface area contributed by atoms with Crippen LogP contribution in [-0.4, -0.2) is 93.2 Å². The van der Waals surface area contributed by atoms with E-state index in [1.807, 2.05) is 52.2 Å². The molecular formula is C45H56N8O4. The lowest BCUT2D eigenvalue weighted by atomic mass is 9.73. The number of likely N-dealkylation sites (tertiary alicyclic amines) is 2. The Balaban J connectivity index is 1.08. The number of ether oxygens (including phenoxy) is 1. The minimum Gasteiger partial charge on any atom is -0.444 e. The van der Waals surface area contributed by atoms with E-state index in [1.54, 1.807) is 11.9 Å². The van der Waals surface area contributed by atoms with Crippen molar-refractivity contribution < 1.29 is 19.1 Å². The molecule has 2 N–H and O–H groups in total. The number of nitrogens with one attached hydrogen (secondary N) is 2.